The van der Waals surface area contributed by atoms with Crippen molar-refractivity contribution in [1.29, 1.82) is 0 Å². The summed E-state index contributed by atoms with van der Waals surface area (Å²) < 4.78 is 5.68. The summed E-state index contributed by atoms with van der Waals surface area (Å²) in [5.41, 5.74) is 2.82. The molecule has 0 spiro atoms. The summed E-state index contributed by atoms with van der Waals surface area (Å²) in [5.74, 6) is 0.831. The predicted octanol–water partition coefficient (Wildman–Crippen LogP) is 1.13. The van der Waals surface area contributed by atoms with E-state index in [1.165, 1.54) is 50.0 Å². The lowest BCUT2D eigenvalue weighted by molar-refractivity contribution is -0.905. The van der Waals surface area contributed by atoms with E-state index in [0.717, 1.165) is 25.0 Å². The van der Waals surface area contributed by atoms with Crippen LogP contribution in [0.25, 0.3) is 0 Å². The van der Waals surface area contributed by atoms with Crippen LogP contribution in [0.5, 0.6) is 5.75 Å². The van der Waals surface area contributed by atoms with Gasteiger partial charge in [0.25, 0.3) is 5.91 Å². The fourth-order valence-electron chi connectivity index (χ4n) is 3.83. The number of amides is 1. The van der Waals surface area contributed by atoms with Gasteiger partial charge in [-0.15, -0.1) is 0 Å². The first-order valence-electron chi connectivity index (χ1n) is 9.12. The van der Waals surface area contributed by atoms with Crippen LogP contribution in [0.3, 0.4) is 0 Å². The van der Waals surface area contributed by atoms with E-state index >= 15 is 0 Å². The molecule has 2 aliphatic rings. The standard InChI is InChI=1S/C19H28N2O2/c1-2-10-21-11-8-17(9-12-21)20-19(22)14-23-18-7-6-15-4-3-5-16(15)13-18/h6-7,13,17H,2-5,8-12,14H2,1H3,(H,20,22)/p+1. The molecule has 4 nitrogen and oxygen atoms in total. The smallest absolute Gasteiger partial charge is 0.258 e. The van der Waals surface area contributed by atoms with Gasteiger partial charge in [-0.1, -0.05) is 13.0 Å². The van der Waals surface area contributed by atoms with Gasteiger partial charge in [0.1, 0.15) is 5.75 Å². The van der Waals surface area contributed by atoms with Crippen molar-refractivity contribution in [3.8, 4) is 5.75 Å². The molecule has 1 aromatic carbocycles. The average molecular weight is 317 g/mol. The molecule has 0 saturated carbocycles. The number of carbonyl (C=O) groups is 1. The van der Waals surface area contributed by atoms with Gasteiger partial charge in [0, 0.05) is 18.9 Å². The van der Waals surface area contributed by atoms with Crippen molar-refractivity contribution in [3.05, 3.63) is 29.3 Å². The Morgan fingerprint density at radius 2 is 2.04 bits per heavy atom. The summed E-state index contributed by atoms with van der Waals surface area (Å²) in [6, 6.07) is 6.56. The fourth-order valence-corrected chi connectivity index (χ4v) is 3.83. The van der Waals surface area contributed by atoms with Crippen LogP contribution < -0.4 is 15.0 Å². The maximum Gasteiger partial charge on any atom is 0.258 e. The molecule has 1 aliphatic heterocycles. The minimum Gasteiger partial charge on any atom is -0.484 e. The Hall–Kier alpha value is -1.55. The van der Waals surface area contributed by atoms with E-state index in [4.69, 9.17) is 4.74 Å². The minimum atomic E-state index is 0.00874. The van der Waals surface area contributed by atoms with Gasteiger partial charge in [0.15, 0.2) is 6.61 Å². The van der Waals surface area contributed by atoms with Gasteiger partial charge < -0.3 is 15.0 Å². The lowest BCUT2D eigenvalue weighted by Crippen LogP contribution is -3.13. The van der Waals surface area contributed by atoms with E-state index in [1.54, 1.807) is 4.90 Å². The molecule has 0 unspecified atom stereocenters. The Bertz CT molecular complexity index is 536. The van der Waals surface area contributed by atoms with Crippen LogP contribution in [-0.2, 0) is 17.6 Å². The van der Waals surface area contributed by atoms with Gasteiger partial charge in [-0.25, -0.2) is 0 Å². The molecule has 1 aromatic rings. The number of ether oxygens (including phenoxy) is 1. The highest BCUT2D eigenvalue weighted by Crippen LogP contribution is 2.25. The number of hydrogen-bond acceptors (Lipinski definition) is 2. The topological polar surface area (TPSA) is 42.8 Å². The summed E-state index contributed by atoms with van der Waals surface area (Å²) in [7, 11) is 0. The molecule has 23 heavy (non-hydrogen) atoms. The molecule has 3 rings (SSSR count). The molecular formula is C19H29N2O2+. The van der Waals surface area contributed by atoms with Crippen LogP contribution in [0.2, 0.25) is 0 Å². The monoisotopic (exact) mass is 317 g/mol. The molecule has 4 heteroatoms. The van der Waals surface area contributed by atoms with Gasteiger partial charge in [-0.3, -0.25) is 4.79 Å². The highest BCUT2D eigenvalue weighted by atomic mass is 16.5. The number of hydrogen-bond donors (Lipinski definition) is 2. The van der Waals surface area contributed by atoms with Crippen LogP contribution in [0.1, 0.15) is 43.7 Å². The number of piperidine rings is 1. The second-order valence-electron chi connectivity index (χ2n) is 6.91. The van der Waals surface area contributed by atoms with Crippen LogP contribution in [0.4, 0.5) is 0 Å². The third-order valence-electron chi connectivity index (χ3n) is 5.10. The SMILES string of the molecule is CCC[NH+]1CCC(NC(=O)COc2ccc3c(c2)CCC3)CC1. The second kappa shape index (κ2) is 7.82. The Labute approximate surface area is 139 Å². The van der Waals surface area contributed by atoms with E-state index in [9.17, 15) is 4.79 Å². The molecule has 0 atom stereocenters. The second-order valence-corrected chi connectivity index (χ2v) is 6.91. The Kier molecular flexibility index (Phi) is 5.55. The quantitative estimate of drug-likeness (QED) is 0.826. The summed E-state index contributed by atoms with van der Waals surface area (Å²) in [5, 5.41) is 3.13. The van der Waals surface area contributed by atoms with Crippen LogP contribution in [0.15, 0.2) is 18.2 Å². The number of nitrogens with one attached hydrogen (secondary N) is 2. The van der Waals surface area contributed by atoms with Crippen molar-refractivity contribution in [2.45, 2.75) is 51.5 Å². The number of quaternary nitrogens is 1. The lowest BCUT2D eigenvalue weighted by atomic mass is 10.0. The van der Waals surface area contributed by atoms with Gasteiger partial charge in [-0.2, -0.15) is 0 Å². The summed E-state index contributed by atoms with van der Waals surface area (Å²) in [4.78, 5) is 13.8. The molecule has 1 fully saturated rings. The van der Waals surface area contributed by atoms with Crippen LogP contribution >= 0.6 is 0 Å². The average Bonchev–Trinajstić information content (AvgIpc) is 3.03. The highest BCUT2D eigenvalue weighted by molar-refractivity contribution is 5.77. The number of carbonyl (C=O) groups excluding carboxylic acids is 1. The first-order valence-corrected chi connectivity index (χ1v) is 9.12. The van der Waals surface area contributed by atoms with Gasteiger partial charge >= 0.3 is 0 Å². The molecule has 1 amide bonds. The zero-order valence-corrected chi connectivity index (χ0v) is 14.2. The molecule has 1 aliphatic carbocycles. The molecule has 2 N–H and O–H groups in total. The predicted molar refractivity (Wildman–Crippen MR) is 91.0 cm³/mol. The van der Waals surface area contributed by atoms with Crippen LogP contribution in [-0.4, -0.2) is 38.2 Å². The molecule has 0 radical (unpaired) electrons. The third kappa shape index (κ3) is 4.47. The first-order chi connectivity index (χ1) is 11.2. The largest absolute Gasteiger partial charge is 0.484 e. The number of likely N-dealkylation sites (tertiary alicyclic amines) is 1. The Balaban J connectivity index is 1.40. The molecule has 1 heterocycles. The fraction of sp³-hybridized carbons (Fsp3) is 0.632. The third-order valence-corrected chi connectivity index (χ3v) is 5.10. The number of fused-ring (bicyclic) bond motifs is 1. The zero-order chi connectivity index (χ0) is 16.1. The van der Waals surface area contributed by atoms with Gasteiger partial charge in [0.2, 0.25) is 0 Å². The molecule has 0 bridgehead atoms. The lowest BCUT2D eigenvalue weighted by Gasteiger charge is -2.29. The molecule has 1 saturated heterocycles. The minimum absolute atomic E-state index is 0.00874. The van der Waals surface area contributed by atoms with E-state index in [1.807, 2.05) is 6.07 Å². The summed E-state index contributed by atoms with van der Waals surface area (Å²) >= 11 is 0. The molecule has 126 valence electrons. The Morgan fingerprint density at radius 1 is 1.26 bits per heavy atom. The molecular weight excluding hydrogens is 288 g/mol. The van der Waals surface area contributed by atoms with Crippen LogP contribution in [0, 0.1) is 0 Å². The number of benzene rings is 1. The van der Waals surface area contributed by atoms with E-state index in [2.05, 4.69) is 24.4 Å². The maximum atomic E-state index is 12.1. The number of aryl methyl sites for hydroxylation is 2. The van der Waals surface area contributed by atoms with E-state index in [-0.39, 0.29) is 12.5 Å². The highest BCUT2D eigenvalue weighted by Gasteiger charge is 2.22. The van der Waals surface area contributed by atoms with Crippen molar-refractivity contribution >= 4 is 5.91 Å². The first kappa shape index (κ1) is 16.3. The van der Waals surface area contributed by atoms with E-state index in [0.29, 0.717) is 6.04 Å². The van der Waals surface area contributed by atoms with Crippen molar-refractivity contribution in [3.63, 3.8) is 0 Å². The van der Waals surface area contributed by atoms with Crippen molar-refractivity contribution in [1.82, 2.24) is 5.32 Å². The normalized spacial score (nSPS) is 23.3. The summed E-state index contributed by atoms with van der Waals surface area (Å²) in [6.45, 7) is 5.95. The van der Waals surface area contributed by atoms with E-state index < -0.39 is 0 Å². The van der Waals surface area contributed by atoms with Gasteiger partial charge in [-0.05, 0) is 48.9 Å². The van der Waals surface area contributed by atoms with Crippen molar-refractivity contribution in [2.75, 3.05) is 26.2 Å². The Morgan fingerprint density at radius 3 is 2.83 bits per heavy atom. The summed E-state index contributed by atoms with van der Waals surface area (Å²) in [6.07, 6.45) is 6.95. The zero-order valence-electron chi connectivity index (χ0n) is 14.2. The van der Waals surface area contributed by atoms with Gasteiger partial charge in [0.05, 0.1) is 19.6 Å². The number of rotatable bonds is 6. The maximum absolute atomic E-state index is 12.1. The molecule has 0 aromatic heterocycles. The van der Waals surface area contributed by atoms with Crippen molar-refractivity contribution < 1.29 is 14.4 Å². The van der Waals surface area contributed by atoms with Crippen molar-refractivity contribution in [2.24, 2.45) is 0 Å².